The molecule has 1 aliphatic rings. The van der Waals surface area contributed by atoms with E-state index in [0.29, 0.717) is 43.2 Å². The molecule has 1 amide bonds. The van der Waals surface area contributed by atoms with Crippen molar-refractivity contribution in [2.24, 2.45) is 0 Å². The van der Waals surface area contributed by atoms with Gasteiger partial charge in [0.05, 0.1) is 6.10 Å². The summed E-state index contributed by atoms with van der Waals surface area (Å²) in [7, 11) is 1.72. The Bertz CT molecular complexity index is 459. The molecule has 0 aliphatic carbocycles. The van der Waals surface area contributed by atoms with Gasteiger partial charge >= 0.3 is 0 Å². The van der Waals surface area contributed by atoms with Gasteiger partial charge in [0.2, 0.25) is 0 Å². The van der Waals surface area contributed by atoms with Gasteiger partial charge in [0.25, 0.3) is 5.91 Å². The smallest absolute Gasteiger partial charge is 0.253 e. The topological polar surface area (TPSA) is 59.0 Å². The Morgan fingerprint density at radius 3 is 2.74 bits per heavy atom. The van der Waals surface area contributed by atoms with Crippen LogP contribution in [-0.2, 0) is 0 Å². The maximum atomic E-state index is 12.2. The fraction of sp³-hybridized carbons (Fsp3) is 0.500. The summed E-state index contributed by atoms with van der Waals surface area (Å²) >= 11 is 0. The Morgan fingerprint density at radius 2 is 2.05 bits per heavy atom. The van der Waals surface area contributed by atoms with E-state index >= 15 is 0 Å². The van der Waals surface area contributed by atoms with E-state index < -0.39 is 6.10 Å². The van der Waals surface area contributed by atoms with Crippen LogP contribution in [0, 0.1) is 0 Å². The van der Waals surface area contributed by atoms with E-state index in [1.165, 1.54) is 0 Å². The number of amides is 1. The van der Waals surface area contributed by atoms with Gasteiger partial charge in [-0.15, -0.1) is 0 Å². The van der Waals surface area contributed by atoms with Crippen molar-refractivity contribution < 1.29 is 19.4 Å². The Kier molecular flexibility index (Phi) is 4.27. The molecular formula is C14H19NO4. The summed E-state index contributed by atoms with van der Waals surface area (Å²) in [5, 5.41) is 9.24. The molecule has 0 saturated carbocycles. The molecule has 1 heterocycles. The monoisotopic (exact) mass is 265 g/mol. The molecule has 1 N–H and O–H groups in total. The van der Waals surface area contributed by atoms with Crippen LogP contribution in [0.3, 0.4) is 0 Å². The van der Waals surface area contributed by atoms with Crippen LogP contribution >= 0.6 is 0 Å². The first-order valence-corrected chi connectivity index (χ1v) is 6.41. The van der Waals surface area contributed by atoms with Crippen LogP contribution in [0.15, 0.2) is 18.2 Å². The van der Waals surface area contributed by atoms with Gasteiger partial charge in [0, 0.05) is 19.2 Å². The number of fused-ring (bicyclic) bond motifs is 1. The average molecular weight is 265 g/mol. The van der Waals surface area contributed by atoms with E-state index in [0.717, 1.165) is 0 Å². The van der Waals surface area contributed by atoms with Gasteiger partial charge in [-0.25, -0.2) is 0 Å². The van der Waals surface area contributed by atoms with Gasteiger partial charge in [-0.2, -0.15) is 0 Å². The number of carbonyl (C=O) groups is 1. The van der Waals surface area contributed by atoms with E-state index in [9.17, 15) is 9.90 Å². The Balaban J connectivity index is 2.06. The van der Waals surface area contributed by atoms with Gasteiger partial charge < -0.3 is 19.5 Å². The fourth-order valence-electron chi connectivity index (χ4n) is 1.88. The van der Waals surface area contributed by atoms with Crippen molar-refractivity contribution >= 4 is 5.91 Å². The lowest BCUT2D eigenvalue weighted by atomic mass is 10.1. The highest BCUT2D eigenvalue weighted by molar-refractivity contribution is 5.94. The summed E-state index contributed by atoms with van der Waals surface area (Å²) in [6.07, 6.45) is 0.155. The van der Waals surface area contributed by atoms with Crippen LogP contribution in [0.2, 0.25) is 0 Å². The first kappa shape index (κ1) is 13.7. The largest absolute Gasteiger partial charge is 0.486 e. The maximum absolute atomic E-state index is 12.2. The lowest BCUT2D eigenvalue weighted by Crippen LogP contribution is -2.29. The second-order valence-corrected chi connectivity index (χ2v) is 4.72. The number of hydrogen-bond acceptors (Lipinski definition) is 4. The zero-order chi connectivity index (χ0) is 13.8. The maximum Gasteiger partial charge on any atom is 0.253 e. The Morgan fingerprint density at radius 1 is 1.37 bits per heavy atom. The third-order valence-corrected chi connectivity index (χ3v) is 3.02. The van der Waals surface area contributed by atoms with Gasteiger partial charge in [0.1, 0.15) is 13.2 Å². The van der Waals surface area contributed by atoms with E-state index in [-0.39, 0.29) is 5.91 Å². The average Bonchev–Trinajstić information content (AvgIpc) is 2.43. The molecule has 0 aromatic heterocycles. The van der Waals surface area contributed by atoms with E-state index in [2.05, 4.69) is 0 Å². The normalized spacial score (nSPS) is 14.9. The molecule has 1 unspecified atom stereocenters. The molecule has 1 atom stereocenters. The summed E-state index contributed by atoms with van der Waals surface area (Å²) in [6.45, 7) is 3.27. The molecule has 5 heteroatoms. The van der Waals surface area contributed by atoms with Gasteiger partial charge in [-0.1, -0.05) is 0 Å². The summed E-state index contributed by atoms with van der Waals surface area (Å²) in [5.41, 5.74) is 0.567. The lowest BCUT2D eigenvalue weighted by molar-refractivity contribution is 0.0768. The number of aliphatic hydroxyl groups is 1. The molecular weight excluding hydrogens is 246 g/mol. The molecule has 5 nitrogen and oxygen atoms in total. The van der Waals surface area contributed by atoms with Gasteiger partial charge in [-0.3, -0.25) is 4.79 Å². The molecule has 0 spiro atoms. The Hall–Kier alpha value is -1.75. The van der Waals surface area contributed by atoms with E-state index in [1.807, 2.05) is 0 Å². The summed E-state index contributed by atoms with van der Waals surface area (Å²) in [6, 6.07) is 5.19. The van der Waals surface area contributed by atoms with E-state index in [4.69, 9.17) is 9.47 Å². The zero-order valence-corrected chi connectivity index (χ0v) is 11.3. The van der Waals surface area contributed by atoms with Crippen molar-refractivity contribution in [3.63, 3.8) is 0 Å². The van der Waals surface area contributed by atoms with Crippen molar-refractivity contribution in [1.82, 2.24) is 4.90 Å². The van der Waals surface area contributed by atoms with Crippen LogP contribution in [0.25, 0.3) is 0 Å². The number of aliphatic hydroxyl groups excluding tert-OH is 1. The number of ether oxygens (including phenoxy) is 2. The summed E-state index contributed by atoms with van der Waals surface area (Å²) in [4.78, 5) is 13.8. The minimum atomic E-state index is -0.407. The van der Waals surface area contributed by atoms with Crippen LogP contribution in [-0.4, -0.2) is 48.8 Å². The predicted molar refractivity (Wildman–Crippen MR) is 70.7 cm³/mol. The third kappa shape index (κ3) is 3.38. The fourth-order valence-corrected chi connectivity index (χ4v) is 1.88. The molecule has 0 radical (unpaired) electrons. The molecule has 104 valence electrons. The number of hydrogen-bond donors (Lipinski definition) is 1. The van der Waals surface area contributed by atoms with Crippen molar-refractivity contribution in [1.29, 1.82) is 0 Å². The molecule has 1 aromatic rings. The van der Waals surface area contributed by atoms with Gasteiger partial charge in [0.15, 0.2) is 11.5 Å². The highest BCUT2D eigenvalue weighted by Crippen LogP contribution is 2.31. The second-order valence-electron chi connectivity index (χ2n) is 4.72. The van der Waals surface area contributed by atoms with E-state index in [1.54, 1.807) is 37.1 Å². The summed E-state index contributed by atoms with van der Waals surface area (Å²) < 4.78 is 10.9. The molecule has 0 saturated heterocycles. The second kappa shape index (κ2) is 5.93. The number of benzene rings is 1. The van der Waals surface area contributed by atoms with Crippen LogP contribution < -0.4 is 9.47 Å². The molecule has 1 aliphatic heterocycles. The molecule has 0 bridgehead atoms. The molecule has 2 rings (SSSR count). The quantitative estimate of drug-likeness (QED) is 0.891. The van der Waals surface area contributed by atoms with Crippen molar-refractivity contribution in [2.75, 3.05) is 26.8 Å². The van der Waals surface area contributed by atoms with Crippen molar-refractivity contribution in [2.45, 2.75) is 19.4 Å². The highest BCUT2D eigenvalue weighted by Gasteiger charge is 2.17. The first-order valence-electron chi connectivity index (χ1n) is 6.41. The third-order valence-electron chi connectivity index (χ3n) is 3.02. The molecule has 0 fully saturated rings. The zero-order valence-electron chi connectivity index (χ0n) is 11.3. The first-order chi connectivity index (χ1) is 9.08. The minimum Gasteiger partial charge on any atom is -0.486 e. The van der Waals surface area contributed by atoms with Gasteiger partial charge in [-0.05, 0) is 31.5 Å². The SMILES string of the molecule is CC(O)CCN(C)C(=O)c1ccc2c(c1)OCCO2. The Labute approximate surface area is 112 Å². The lowest BCUT2D eigenvalue weighted by Gasteiger charge is -2.21. The van der Waals surface area contributed by atoms with Crippen LogP contribution in [0.4, 0.5) is 0 Å². The van der Waals surface area contributed by atoms with Crippen LogP contribution in [0.1, 0.15) is 23.7 Å². The number of nitrogens with zero attached hydrogens (tertiary/aromatic N) is 1. The highest BCUT2D eigenvalue weighted by atomic mass is 16.6. The predicted octanol–water partition coefficient (Wildman–Crippen LogP) is 1.30. The van der Waals surface area contributed by atoms with Crippen molar-refractivity contribution in [3.8, 4) is 11.5 Å². The molecule has 1 aromatic carbocycles. The van der Waals surface area contributed by atoms with Crippen molar-refractivity contribution in [3.05, 3.63) is 23.8 Å². The van der Waals surface area contributed by atoms with Crippen LogP contribution in [0.5, 0.6) is 11.5 Å². The number of rotatable bonds is 4. The standard InChI is InChI=1S/C14H19NO4/c1-10(16)5-6-15(2)14(17)11-3-4-12-13(9-11)19-8-7-18-12/h3-4,9-10,16H,5-8H2,1-2H3. The summed E-state index contributed by atoms with van der Waals surface area (Å²) in [5.74, 6) is 1.20. The number of carbonyl (C=O) groups excluding carboxylic acids is 1. The minimum absolute atomic E-state index is 0.0855. The molecule has 19 heavy (non-hydrogen) atoms.